The minimum absolute atomic E-state index is 1.10. The van der Waals surface area contributed by atoms with Gasteiger partial charge in [-0.3, -0.25) is 0 Å². The Morgan fingerprint density at radius 2 is 2.00 bits per heavy atom. The maximum atomic E-state index is 3.46. The highest BCUT2D eigenvalue weighted by Gasteiger charge is 2.12. The van der Waals surface area contributed by atoms with Crippen molar-refractivity contribution >= 4 is 16.7 Å². The third-order valence-electron chi connectivity index (χ3n) is 2.97. The van der Waals surface area contributed by atoms with Crippen LogP contribution in [0, 0.1) is 0 Å². The molecule has 0 bridgehead atoms. The average Bonchev–Trinajstić information content (AvgIpc) is 2.42. The molecule has 3 rings (SSSR count). The van der Waals surface area contributed by atoms with Crippen LogP contribution in [0.5, 0.6) is 0 Å². The Morgan fingerprint density at radius 1 is 1.07 bits per heavy atom. The minimum Gasteiger partial charge on any atom is -0.371 e. The van der Waals surface area contributed by atoms with Crippen LogP contribution in [-0.2, 0) is 6.42 Å². The molecular formula is C12H14N2. The van der Waals surface area contributed by atoms with Crippen molar-refractivity contribution in [3.8, 4) is 0 Å². The first-order valence-electron chi connectivity index (χ1n) is 5.28. The molecular weight excluding hydrogens is 172 g/mol. The fourth-order valence-electron chi connectivity index (χ4n) is 2.25. The van der Waals surface area contributed by atoms with Crippen molar-refractivity contribution in [3.05, 3.63) is 29.8 Å². The number of nitrogens with one attached hydrogen (secondary N) is 2. The van der Waals surface area contributed by atoms with Gasteiger partial charge in [-0.2, -0.15) is 0 Å². The summed E-state index contributed by atoms with van der Waals surface area (Å²) in [6.45, 7) is 1.10. The van der Waals surface area contributed by atoms with Gasteiger partial charge >= 0.3 is 0 Å². The molecule has 0 fully saturated rings. The van der Waals surface area contributed by atoms with E-state index < -0.39 is 0 Å². The average molecular weight is 186 g/mol. The highest BCUT2D eigenvalue weighted by molar-refractivity contribution is 5.88. The SMILES string of the molecule is c1ccc2c3c([nH]c2c1)NCCCC3. The molecule has 14 heavy (non-hydrogen) atoms. The Bertz CT molecular complexity index is 456. The lowest BCUT2D eigenvalue weighted by molar-refractivity contribution is 0.787. The summed E-state index contributed by atoms with van der Waals surface area (Å²) in [7, 11) is 0. The minimum atomic E-state index is 1.10. The fraction of sp³-hybridized carbons (Fsp3) is 0.333. The van der Waals surface area contributed by atoms with Gasteiger partial charge in [0.15, 0.2) is 0 Å². The second-order valence-corrected chi connectivity index (χ2v) is 3.91. The van der Waals surface area contributed by atoms with Crippen LogP contribution >= 0.6 is 0 Å². The summed E-state index contributed by atoms with van der Waals surface area (Å²) in [6, 6.07) is 8.54. The van der Waals surface area contributed by atoms with E-state index in [0.29, 0.717) is 0 Å². The molecule has 72 valence electrons. The second kappa shape index (κ2) is 3.05. The van der Waals surface area contributed by atoms with Gasteiger partial charge < -0.3 is 10.3 Å². The standard InChI is InChI=1S/C12H14N2/c1-2-7-11-9(5-1)10-6-3-4-8-13-12(10)14-11/h1-2,5,7,13-14H,3-4,6,8H2. The zero-order chi connectivity index (χ0) is 9.38. The lowest BCUT2D eigenvalue weighted by Gasteiger charge is -1.99. The zero-order valence-corrected chi connectivity index (χ0v) is 8.14. The van der Waals surface area contributed by atoms with Gasteiger partial charge in [-0.25, -0.2) is 0 Å². The van der Waals surface area contributed by atoms with Gasteiger partial charge in [0.2, 0.25) is 0 Å². The van der Waals surface area contributed by atoms with Crippen LogP contribution < -0.4 is 5.32 Å². The molecule has 0 saturated carbocycles. The van der Waals surface area contributed by atoms with Crippen molar-refractivity contribution in [2.24, 2.45) is 0 Å². The Labute approximate surface area is 83.3 Å². The normalized spacial score (nSPS) is 16.0. The number of para-hydroxylation sites is 1. The maximum absolute atomic E-state index is 3.46. The molecule has 0 atom stereocenters. The van der Waals surface area contributed by atoms with Gasteiger partial charge in [0.05, 0.1) is 0 Å². The molecule has 1 aliphatic heterocycles. The van der Waals surface area contributed by atoms with Crippen molar-refractivity contribution in [1.29, 1.82) is 0 Å². The van der Waals surface area contributed by atoms with E-state index in [1.807, 2.05) is 0 Å². The summed E-state index contributed by atoms with van der Waals surface area (Å²) in [5, 5.41) is 4.85. The number of rotatable bonds is 0. The molecule has 0 saturated heterocycles. The van der Waals surface area contributed by atoms with Crippen LogP contribution in [0.1, 0.15) is 18.4 Å². The quantitative estimate of drug-likeness (QED) is 0.650. The van der Waals surface area contributed by atoms with Crippen LogP contribution in [0.3, 0.4) is 0 Å². The molecule has 0 unspecified atom stereocenters. The number of aromatic nitrogens is 1. The summed E-state index contributed by atoms with van der Waals surface area (Å²) in [6.07, 6.45) is 3.77. The molecule has 1 aromatic heterocycles. The summed E-state index contributed by atoms with van der Waals surface area (Å²) >= 11 is 0. The molecule has 1 aliphatic rings. The molecule has 0 radical (unpaired) electrons. The number of hydrogen-bond acceptors (Lipinski definition) is 1. The van der Waals surface area contributed by atoms with Crippen LogP contribution in [0.25, 0.3) is 10.9 Å². The number of aromatic amines is 1. The molecule has 2 heterocycles. The molecule has 2 aromatic rings. The number of H-pyrrole nitrogens is 1. The first-order chi connectivity index (χ1) is 6.95. The maximum Gasteiger partial charge on any atom is 0.107 e. The van der Waals surface area contributed by atoms with Crippen molar-refractivity contribution in [2.45, 2.75) is 19.3 Å². The summed E-state index contributed by atoms with van der Waals surface area (Å²) < 4.78 is 0. The first-order valence-corrected chi connectivity index (χ1v) is 5.28. The van der Waals surface area contributed by atoms with Crippen LogP contribution in [0.2, 0.25) is 0 Å². The van der Waals surface area contributed by atoms with Crippen LogP contribution in [-0.4, -0.2) is 11.5 Å². The van der Waals surface area contributed by atoms with Crippen molar-refractivity contribution in [2.75, 3.05) is 11.9 Å². The second-order valence-electron chi connectivity index (χ2n) is 3.91. The molecule has 2 nitrogen and oxygen atoms in total. The number of fused-ring (bicyclic) bond motifs is 3. The van der Waals surface area contributed by atoms with E-state index in [1.165, 1.54) is 41.5 Å². The van der Waals surface area contributed by atoms with Crippen LogP contribution in [0.4, 0.5) is 5.82 Å². The smallest absolute Gasteiger partial charge is 0.107 e. The Balaban J connectivity index is 2.24. The molecule has 1 aromatic carbocycles. The van der Waals surface area contributed by atoms with Gasteiger partial charge in [-0.15, -0.1) is 0 Å². The summed E-state index contributed by atoms with van der Waals surface area (Å²) in [4.78, 5) is 3.44. The molecule has 0 amide bonds. The van der Waals surface area contributed by atoms with Crippen molar-refractivity contribution in [3.63, 3.8) is 0 Å². The lowest BCUT2D eigenvalue weighted by atomic mass is 10.1. The third kappa shape index (κ3) is 1.10. The van der Waals surface area contributed by atoms with E-state index in [1.54, 1.807) is 0 Å². The van der Waals surface area contributed by atoms with Gasteiger partial charge in [-0.05, 0) is 25.3 Å². The van der Waals surface area contributed by atoms with Gasteiger partial charge in [0.25, 0.3) is 0 Å². The van der Waals surface area contributed by atoms with Gasteiger partial charge in [-0.1, -0.05) is 18.2 Å². The molecule has 2 heteroatoms. The summed E-state index contributed by atoms with van der Waals surface area (Å²) in [5.74, 6) is 1.24. The number of benzene rings is 1. The molecule has 2 N–H and O–H groups in total. The zero-order valence-electron chi connectivity index (χ0n) is 8.14. The highest BCUT2D eigenvalue weighted by Crippen LogP contribution is 2.29. The predicted molar refractivity (Wildman–Crippen MR) is 59.7 cm³/mol. The monoisotopic (exact) mass is 186 g/mol. The van der Waals surface area contributed by atoms with Crippen molar-refractivity contribution in [1.82, 2.24) is 4.98 Å². The first kappa shape index (κ1) is 7.92. The highest BCUT2D eigenvalue weighted by atomic mass is 15.0. The fourth-order valence-corrected chi connectivity index (χ4v) is 2.25. The Kier molecular flexibility index (Phi) is 1.72. The topological polar surface area (TPSA) is 27.8 Å². The number of hydrogen-bond donors (Lipinski definition) is 2. The van der Waals surface area contributed by atoms with E-state index in [4.69, 9.17) is 0 Å². The van der Waals surface area contributed by atoms with E-state index in [9.17, 15) is 0 Å². The van der Waals surface area contributed by atoms with Gasteiger partial charge in [0, 0.05) is 23.0 Å². The van der Waals surface area contributed by atoms with E-state index in [2.05, 4.69) is 34.6 Å². The van der Waals surface area contributed by atoms with E-state index >= 15 is 0 Å². The summed E-state index contributed by atoms with van der Waals surface area (Å²) in [5.41, 5.74) is 2.73. The van der Waals surface area contributed by atoms with E-state index in [0.717, 1.165) is 6.54 Å². The third-order valence-corrected chi connectivity index (χ3v) is 2.97. The Hall–Kier alpha value is -1.44. The lowest BCUT2D eigenvalue weighted by Crippen LogP contribution is -1.98. The number of aryl methyl sites for hydroxylation is 1. The molecule has 0 aliphatic carbocycles. The number of anilines is 1. The van der Waals surface area contributed by atoms with Gasteiger partial charge in [0.1, 0.15) is 5.82 Å². The predicted octanol–water partition coefficient (Wildman–Crippen LogP) is 2.92. The van der Waals surface area contributed by atoms with E-state index in [-0.39, 0.29) is 0 Å². The molecule has 0 spiro atoms. The Morgan fingerprint density at radius 3 is 3.00 bits per heavy atom. The van der Waals surface area contributed by atoms with Crippen LogP contribution in [0.15, 0.2) is 24.3 Å². The van der Waals surface area contributed by atoms with Crippen molar-refractivity contribution < 1.29 is 0 Å². The largest absolute Gasteiger partial charge is 0.371 e.